The quantitative estimate of drug-likeness (QED) is 0.889. The van der Waals surface area contributed by atoms with E-state index in [2.05, 4.69) is 20.0 Å². The van der Waals surface area contributed by atoms with Crippen molar-refractivity contribution in [2.75, 3.05) is 43.4 Å². The second-order valence-corrected chi connectivity index (χ2v) is 5.53. The lowest BCUT2D eigenvalue weighted by atomic mass is 10.2. The van der Waals surface area contributed by atoms with Crippen LogP contribution >= 0.6 is 0 Å². The van der Waals surface area contributed by atoms with Crippen LogP contribution in [0.15, 0.2) is 30.3 Å². The highest BCUT2D eigenvalue weighted by Crippen LogP contribution is 2.31. The summed E-state index contributed by atoms with van der Waals surface area (Å²) in [6.45, 7) is 0. The minimum absolute atomic E-state index is 0.122. The maximum Gasteiger partial charge on any atom is 0.433 e. The fourth-order valence-electron chi connectivity index (χ4n) is 2.00. The molecule has 1 aromatic heterocycles. The number of alkyl halides is 3. The van der Waals surface area contributed by atoms with Gasteiger partial charge < -0.3 is 15.0 Å². The summed E-state index contributed by atoms with van der Waals surface area (Å²) in [6, 6.07) is 7.28. The maximum atomic E-state index is 13.0. The first kappa shape index (κ1) is 19.3. The minimum Gasteiger partial charge on any atom is -0.452 e. The smallest absolute Gasteiger partial charge is 0.433 e. The summed E-state index contributed by atoms with van der Waals surface area (Å²) in [5, 5.41) is 2.74. The lowest BCUT2D eigenvalue weighted by Gasteiger charge is -2.17. The molecule has 0 atom stereocenters. The van der Waals surface area contributed by atoms with Crippen LogP contribution in [-0.4, -0.2) is 44.3 Å². The molecule has 0 bridgehead atoms. The standard InChI is InChI=1S/C16H18F3N5O2/c1-23(2)13-9-12(16(17,18)19)21-14(22-13)20-10-5-7-11(8-6-10)24(3)15(25)26-4/h5-9H,1-4H3,(H,20,21,22). The summed E-state index contributed by atoms with van der Waals surface area (Å²) < 4.78 is 43.7. The van der Waals surface area contributed by atoms with Gasteiger partial charge in [-0.15, -0.1) is 0 Å². The van der Waals surface area contributed by atoms with Crippen LogP contribution in [0.25, 0.3) is 0 Å². The van der Waals surface area contributed by atoms with E-state index in [1.165, 1.54) is 24.0 Å². The second-order valence-electron chi connectivity index (χ2n) is 5.53. The highest BCUT2D eigenvalue weighted by atomic mass is 19.4. The van der Waals surface area contributed by atoms with Gasteiger partial charge in [0.15, 0.2) is 5.69 Å². The molecular weight excluding hydrogens is 351 g/mol. The molecule has 0 radical (unpaired) electrons. The molecule has 1 aromatic carbocycles. The van der Waals surface area contributed by atoms with E-state index in [9.17, 15) is 18.0 Å². The lowest BCUT2D eigenvalue weighted by molar-refractivity contribution is -0.141. The highest BCUT2D eigenvalue weighted by Gasteiger charge is 2.34. The SMILES string of the molecule is COC(=O)N(C)c1ccc(Nc2nc(N(C)C)cc(C(F)(F)F)n2)cc1. The molecule has 0 unspecified atom stereocenters. The topological polar surface area (TPSA) is 70.6 Å². The van der Waals surface area contributed by atoms with Crippen molar-refractivity contribution in [1.82, 2.24) is 9.97 Å². The van der Waals surface area contributed by atoms with Crippen molar-refractivity contribution in [1.29, 1.82) is 0 Å². The van der Waals surface area contributed by atoms with E-state index < -0.39 is 18.0 Å². The Morgan fingerprint density at radius 1 is 1.12 bits per heavy atom. The number of benzene rings is 1. The molecule has 0 aliphatic heterocycles. The molecule has 0 saturated heterocycles. The van der Waals surface area contributed by atoms with Crippen LogP contribution in [0.3, 0.4) is 0 Å². The van der Waals surface area contributed by atoms with Gasteiger partial charge in [0.05, 0.1) is 7.11 Å². The highest BCUT2D eigenvalue weighted by molar-refractivity contribution is 5.87. The van der Waals surface area contributed by atoms with Crippen LogP contribution in [0.2, 0.25) is 0 Å². The van der Waals surface area contributed by atoms with Crippen molar-refractivity contribution in [3.63, 3.8) is 0 Å². The van der Waals surface area contributed by atoms with Crippen molar-refractivity contribution in [3.8, 4) is 0 Å². The maximum absolute atomic E-state index is 13.0. The summed E-state index contributed by atoms with van der Waals surface area (Å²) in [4.78, 5) is 21.8. The van der Waals surface area contributed by atoms with Gasteiger partial charge >= 0.3 is 12.3 Å². The largest absolute Gasteiger partial charge is 0.452 e. The second kappa shape index (κ2) is 7.46. The van der Waals surface area contributed by atoms with Crippen LogP contribution in [0.1, 0.15) is 5.69 Å². The van der Waals surface area contributed by atoms with Crippen molar-refractivity contribution in [2.45, 2.75) is 6.18 Å². The van der Waals surface area contributed by atoms with Crippen LogP contribution in [0.5, 0.6) is 0 Å². The number of carbonyl (C=O) groups is 1. The summed E-state index contributed by atoms with van der Waals surface area (Å²) in [5.41, 5.74) is -0.0156. The minimum atomic E-state index is -4.59. The molecule has 1 amide bonds. The molecule has 0 spiro atoms. The van der Waals surface area contributed by atoms with Crippen LogP contribution < -0.4 is 15.1 Å². The number of halogens is 3. The van der Waals surface area contributed by atoms with E-state index >= 15 is 0 Å². The number of carbonyl (C=O) groups excluding carboxylic acids is 1. The lowest BCUT2D eigenvalue weighted by Crippen LogP contribution is -2.25. The summed E-state index contributed by atoms with van der Waals surface area (Å²) in [7, 11) is 5.98. The number of anilines is 4. The third kappa shape index (κ3) is 4.52. The Bertz CT molecular complexity index is 778. The molecule has 0 fully saturated rings. The zero-order chi connectivity index (χ0) is 19.5. The average Bonchev–Trinajstić information content (AvgIpc) is 2.60. The zero-order valence-corrected chi connectivity index (χ0v) is 14.6. The van der Waals surface area contributed by atoms with Crippen LogP contribution in [0, 0.1) is 0 Å². The molecule has 0 aliphatic rings. The summed E-state index contributed by atoms with van der Waals surface area (Å²) in [5.74, 6) is -0.0607. The Labute approximate surface area is 148 Å². The van der Waals surface area contributed by atoms with Crippen molar-refractivity contribution in [3.05, 3.63) is 36.0 Å². The fraction of sp³-hybridized carbons (Fsp3) is 0.312. The molecule has 0 aliphatic carbocycles. The third-order valence-electron chi connectivity index (χ3n) is 3.42. The van der Waals surface area contributed by atoms with E-state index in [0.717, 1.165) is 6.07 Å². The average molecular weight is 369 g/mol. The summed E-state index contributed by atoms with van der Waals surface area (Å²) >= 11 is 0. The van der Waals surface area contributed by atoms with Gasteiger partial charge in [-0.2, -0.15) is 18.2 Å². The molecule has 26 heavy (non-hydrogen) atoms. The number of nitrogens with one attached hydrogen (secondary N) is 1. The Kier molecular flexibility index (Phi) is 5.53. The van der Waals surface area contributed by atoms with Crippen molar-refractivity contribution in [2.24, 2.45) is 0 Å². The molecule has 1 N–H and O–H groups in total. The van der Waals surface area contributed by atoms with E-state index in [1.807, 2.05) is 0 Å². The first-order valence-electron chi connectivity index (χ1n) is 7.44. The third-order valence-corrected chi connectivity index (χ3v) is 3.42. The molecule has 2 rings (SSSR count). The monoisotopic (exact) mass is 369 g/mol. The predicted molar refractivity (Wildman–Crippen MR) is 91.9 cm³/mol. The molecule has 140 valence electrons. The molecular formula is C16H18F3N5O2. The Hall–Kier alpha value is -3.04. The van der Waals surface area contributed by atoms with Gasteiger partial charge in [-0.1, -0.05) is 0 Å². The Morgan fingerprint density at radius 2 is 1.73 bits per heavy atom. The molecule has 2 aromatic rings. The van der Waals surface area contributed by atoms with Gasteiger partial charge in [0.25, 0.3) is 0 Å². The molecule has 0 saturated carbocycles. The number of ether oxygens (including phenoxy) is 1. The van der Waals surface area contributed by atoms with Crippen molar-refractivity contribution < 1.29 is 22.7 Å². The Balaban J connectivity index is 2.27. The first-order valence-corrected chi connectivity index (χ1v) is 7.44. The number of rotatable bonds is 4. The zero-order valence-electron chi connectivity index (χ0n) is 14.6. The van der Waals surface area contributed by atoms with Gasteiger partial charge in [-0.25, -0.2) is 9.78 Å². The Morgan fingerprint density at radius 3 is 2.23 bits per heavy atom. The van der Waals surface area contributed by atoms with E-state index in [-0.39, 0.29) is 11.8 Å². The number of hydrogen-bond acceptors (Lipinski definition) is 6. The van der Waals surface area contributed by atoms with Crippen LogP contribution in [-0.2, 0) is 10.9 Å². The number of hydrogen-bond donors (Lipinski definition) is 1. The van der Waals surface area contributed by atoms with Gasteiger partial charge in [-0.05, 0) is 24.3 Å². The molecule has 7 nitrogen and oxygen atoms in total. The number of methoxy groups -OCH3 is 1. The molecule has 10 heteroatoms. The van der Waals surface area contributed by atoms with Gasteiger partial charge in [0, 0.05) is 38.6 Å². The van der Waals surface area contributed by atoms with E-state index in [0.29, 0.717) is 11.4 Å². The van der Waals surface area contributed by atoms with Crippen LogP contribution in [0.4, 0.5) is 41.1 Å². The number of aromatic nitrogens is 2. The number of nitrogens with zero attached hydrogens (tertiary/aromatic N) is 4. The van der Waals surface area contributed by atoms with Crippen molar-refractivity contribution >= 4 is 29.2 Å². The van der Waals surface area contributed by atoms with Gasteiger partial charge in [0.2, 0.25) is 5.95 Å². The van der Waals surface area contributed by atoms with Gasteiger partial charge in [-0.3, -0.25) is 4.90 Å². The van der Waals surface area contributed by atoms with E-state index in [1.54, 1.807) is 38.4 Å². The predicted octanol–water partition coefficient (Wildman–Crippen LogP) is 3.51. The fourth-order valence-corrected chi connectivity index (χ4v) is 2.00. The summed E-state index contributed by atoms with van der Waals surface area (Å²) in [6.07, 6.45) is -5.13. The van der Waals surface area contributed by atoms with Gasteiger partial charge in [0.1, 0.15) is 5.82 Å². The van der Waals surface area contributed by atoms with E-state index in [4.69, 9.17) is 0 Å². The first-order chi connectivity index (χ1) is 12.1. The molecule has 1 heterocycles. The normalized spacial score (nSPS) is 11.0. The number of amides is 1.